The van der Waals surface area contributed by atoms with Crippen molar-refractivity contribution >= 4 is 22.4 Å². The number of para-hydroxylation sites is 1. The highest BCUT2D eigenvalue weighted by molar-refractivity contribution is 6.08. The molecule has 2 aliphatic rings. The average molecular weight is 351 g/mol. The minimum absolute atomic E-state index is 0.196. The second-order valence-corrected chi connectivity index (χ2v) is 8.89. The summed E-state index contributed by atoms with van der Waals surface area (Å²) < 4.78 is 0. The molecule has 1 aromatic heterocycles. The molecule has 0 radical (unpaired) electrons. The van der Waals surface area contributed by atoms with Crippen LogP contribution >= 0.6 is 0 Å². The normalized spacial score (nSPS) is 23.9. The average Bonchev–Trinajstić information content (AvgIpc) is 3.02. The number of aromatic nitrogens is 1. The Labute approximate surface area is 155 Å². The first kappa shape index (κ1) is 17.2. The van der Waals surface area contributed by atoms with E-state index in [-0.39, 0.29) is 5.78 Å². The van der Waals surface area contributed by atoms with Crippen LogP contribution in [0.25, 0.3) is 10.9 Å². The van der Waals surface area contributed by atoms with Gasteiger partial charge < -0.3 is 15.6 Å². The molecule has 4 heteroatoms. The number of carbonyl (C=O) groups is 1. The minimum Gasteiger partial charge on any atom is -0.383 e. The lowest BCUT2D eigenvalue weighted by Crippen LogP contribution is -2.41. The molecule has 4 nitrogen and oxygen atoms in total. The summed E-state index contributed by atoms with van der Waals surface area (Å²) in [6.07, 6.45) is 7.40. The van der Waals surface area contributed by atoms with Crippen LogP contribution in [0.1, 0.15) is 52.9 Å². The molecule has 1 fully saturated rings. The Hall–Kier alpha value is -2.23. The van der Waals surface area contributed by atoms with E-state index in [1.807, 2.05) is 24.4 Å². The molecule has 26 heavy (non-hydrogen) atoms. The minimum atomic E-state index is 0.196. The third kappa shape index (κ3) is 3.25. The van der Waals surface area contributed by atoms with Crippen molar-refractivity contribution in [1.82, 2.24) is 10.3 Å². The Bertz CT molecular complexity index is 848. The van der Waals surface area contributed by atoms with Crippen LogP contribution in [0.5, 0.6) is 0 Å². The van der Waals surface area contributed by atoms with Gasteiger partial charge in [0.05, 0.1) is 12.1 Å². The Kier molecular flexibility index (Phi) is 4.29. The van der Waals surface area contributed by atoms with Crippen molar-refractivity contribution < 1.29 is 4.79 Å². The maximum atomic E-state index is 12.2. The van der Waals surface area contributed by atoms with E-state index >= 15 is 0 Å². The molecule has 0 amide bonds. The zero-order valence-electron chi connectivity index (χ0n) is 16.0. The maximum absolute atomic E-state index is 12.2. The Morgan fingerprint density at radius 3 is 2.50 bits per heavy atom. The second kappa shape index (κ2) is 6.49. The van der Waals surface area contributed by atoms with E-state index in [9.17, 15) is 4.79 Å². The number of fused-ring (bicyclic) bond motifs is 1. The molecule has 0 atom stereocenters. The van der Waals surface area contributed by atoms with Crippen LogP contribution in [0.2, 0.25) is 0 Å². The smallest absolute Gasteiger partial charge is 0.186 e. The van der Waals surface area contributed by atoms with Gasteiger partial charge in [0, 0.05) is 28.8 Å². The number of hydrogen-bond acceptors (Lipinski definition) is 3. The van der Waals surface area contributed by atoms with Crippen LogP contribution in [0.15, 0.2) is 41.9 Å². The molecule has 1 saturated carbocycles. The topological polar surface area (TPSA) is 56.9 Å². The molecular weight excluding hydrogens is 322 g/mol. The summed E-state index contributed by atoms with van der Waals surface area (Å²) in [5.41, 5.74) is 4.28. The summed E-state index contributed by atoms with van der Waals surface area (Å²) in [4.78, 5) is 15.4. The summed E-state index contributed by atoms with van der Waals surface area (Å²) >= 11 is 0. The highest BCUT2D eigenvalue weighted by Gasteiger charge is 2.33. The highest BCUT2D eigenvalue weighted by Crippen LogP contribution is 2.38. The molecule has 2 aliphatic carbocycles. The van der Waals surface area contributed by atoms with Gasteiger partial charge in [0.2, 0.25) is 0 Å². The third-order valence-electron chi connectivity index (χ3n) is 6.10. The zero-order chi connectivity index (χ0) is 18.3. The lowest BCUT2D eigenvalue weighted by molar-refractivity contribution is -0.116. The van der Waals surface area contributed by atoms with E-state index < -0.39 is 0 Å². The fraction of sp³-hybridized carbons (Fsp3) is 0.500. The van der Waals surface area contributed by atoms with Crippen LogP contribution in [0.4, 0.5) is 5.69 Å². The first-order valence-corrected chi connectivity index (χ1v) is 9.78. The van der Waals surface area contributed by atoms with Gasteiger partial charge in [-0.05, 0) is 43.1 Å². The molecule has 0 unspecified atom stereocenters. The van der Waals surface area contributed by atoms with Crippen molar-refractivity contribution in [3.8, 4) is 0 Å². The number of ketones is 1. The molecule has 0 saturated heterocycles. The number of anilines is 1. The molecule has 0 bridgehead atoms. The molecule has 1 heterocycles. The molecule has 2 aromatic rings. The standard InChI is InChI=1S/C22H29N3O/c1-22(2,3)14-8-10-15(11-9-14)24-18-12-20(26)21(18)25-19-13-23-17-7-5-4-6-16(17)19/h4-7,13-15,23-25H,8-12H2,1-3H3. The number of Topliss-reactive ketones (excluding diaryl/α,β-unsaturated/α-hetero) is 1. The van der Waals surface area contributed by atoms with Crippen molar-refractivity contribution in [3.63, 3.8) is 0 Å². The van der Waals surface area contributed by atoms with Gasteiger partial charge in [-0.1, -0.05) is 39.0 Å². The Morgan fingerprint density at radius 2 is 1.81 bits per heavy atom. The van der Waals surface area contributed by atoms with E-state index in [0.717, 1.165) is 33.9 Å². The summed E-state index contributed by atoms with van der Waals surface area (Å²) in [5.74, 6) is 1.00. The van der Waals surface area contributed by atoms with Crippen molar-refractivity contribution in [1.29, 1.82) is 0 Å². The maximum Gasteiger partial charge on any atom is 0.186 e. The summed E-state index contributed by atoms with van der Waals surface area (Å²) in [6, 6.07) is 8.64. The predicted octanol–water partition coefficient (Wildman–Crippen LogP) is 4.96. The number of H-pyrrole nitrogens is 1. The van der Waals surface area contributed by atoms with Crippen LogP contribution < -0.4 is 10.6 Å². The van der Waals surface area contributed by atoms with E-state index in [0.29, 0.717) is 17.9 Å². The molecule has 4 rings (SSSR count). The number of benzene rings is 1. The molecular formula is C22H29N3O. The number of hydrogen-bond donors (Lipinski definition) is 3. The van der Waals surface area contributed by atoms with Crippen molar-refractivity contribution in [2.45, 2.75) is 58.9 Å². The summed E-state index contributed by atoms with van der Waals surface area (Å²) in [6.45, 7) is 7.05. The molecule has 1 aromatic carbocycles. The van der Waals surface area contributed by atoms with E-state index in [2.05, 4.69) is 42.5 Å². The molecule has 3 N–H and O–H groups in total. The van der Waals surface area contributed by atoms with Gasteiger partial charge in [-0.3, -0.25) is 4.79 Å². The van der Waals surface area contributed by atoms with Crippen molar-refractivity contribution in [2.24, 2.45) is 11.3 Å². The fourth-order valence-electron chi connectivity index (χ4n) is 4.33. The van der Waals surface area contributed by atoms with E-state index in [4.69, 9.17) is 0 Å². The molecule has 138 valence electrons. The zero-order valence-corrected chi connectivity index (χ0v) is 16.0. The Morgan fingerprint density at radius 1 is 1.08 bits per heavy atom. The van der Waals surface area contributed by atoms with E-state index in [1.54, 1.807) is 0 Å². The van der Waals surface area contributed by atoms with Crippen molar-refractivity contribution in [3.05, 3.63) is 41.9 Å². The van der Waals surface area contributed by atoms with Crippen molar-refractivity contribution in [2.75, 3.05) is 5.32 Å². The summed E-state index contributed by atoms with van der Waals surface area (Å²) in [5, 5.41) is 8.13. The predicted molar refractivity (Wildman–Crippen MR) is 107 cm³/mol. The number of rotatable bonds is 4. The lowest BCUT2D eigenvalue weighted by atomic mass is 9.71. The number of allylic oxidation sites excluding steroid dienone is 2. The van der Waals surface area contributed by atoms with Crippen LogP contribution in [-0.4, -0.2) is 16.8 Å². The van der Waals surface area contributed by atoms with Gasteiger partial charge in [-0.15, -0.1) is 0 Å². The fourth-order valence-corrected chi connectivity index (χ4v) is 4.33. The summed E-state index contributed by atoms with van der Waals surface area (Å²) in [7, 11) is 0. The lowest BCUT2D eigenvalue weighted by Gasteiger charge is -2.38. The first-order chi connectivity index (χ1) is 12.4. The van der Waals surface area contributed by atoms with Crippen LogP contribution in [0, 0.1) is 11.3 Å². The second-order valence-electron chi connectivity index (χ2n) is 8.89. The number of aromatic amines is 1. The van der Waals surface area contributed by atoms with Gasteiger partial charge in [-0.2, -0.15) is 0 Å². The quantitative estimate of drug-likeness (QED) is 0.730. The van der Waals surface area contributed by atoms with Gasteiger partial charge >= 0.3 is 0 Å². The largest absolute Gasteiger partial charge is 0.383 e. The third-order valence-corrected chi connectivity index (χ3v) is 6.10. The van der Waals surface area contributed by atoms with E-state index in [1.165, 1.54) is 25.7 Å². The first-order valence-electron chi connectivity index (χ1n) is 9.78. The van der Waals surface area contributed by atoms with Crippen LogP contribution in [-0.2, 0) is 4.79 Å². The molecule has 0 aliphatic heterocycles. The highest BCUT2D eigenvalue weighted by atomic mass is 16.1. The number of nitrogens with one attached hydrogen (secondary N) is 3. The van der Waals surface area contributed by atoms with Gasteiger partial charge in [0.15, 0.2) is 5.78 Å². The Balaban J connectivity index is 1.44. The monoisotopic (exact) mass is 351 g/mol. The van der Waals surface area contributed by atoms with Gasteiger partial charge in [0.25, 0.3) is 0 Å². The van der Waals surface area contributed by atoms with Crippen LogP contribution in [0.3, 0.4) is 0 Å². The SMILES string of the molecule is CC(C)(C)C1CCC(NC2=C(Nc3c[nH]c4ccccc34)C(=O)C2)CC1. The number of carbonyl (C=O) groups excluding carboxylic acids is 1. The van der Waals surface area contributed by atoms with Gasteiger partial charge in [-0.25, -0.2) is 0 Å². The molecule has 0 spiro atoms. The van der Waals surface area contributed by atoms with Gasteiger partial charge in [0.1, 0.15) is 5.70 Å².